The molecule has 0 fully saturated rings. The minimum atomic E-state index is -4.69. The predicted octanol–water partition coefficient (Wildman–Crippen LogP) is 3.18. The molecule has 9 heteroatoms. The van der Waals surface area contributed by atoms with Gasteiger partial charge in [-0.3, -0.25) is 14.3 Å². The van der Waals surface area contributed by atoms with Crippen molar-refractivity contribution in [3.63, 3.8) is 0 Å². The molecule has 0 amide bonds. The molecule has 0 bridgehead atoms. The van der Waals surface area contributed by atoms with E-state index in [0.29, 0.717) is 5.56 Å². The van der Waals surface area contributed by atoms with E-state index >= 15 is 0 Å². The fourth-order valence-corrected chi connectivity index (χ4v) is 2.27. The SMILES string of the molecule is O=c1[nH]c(Cl)c(-c2ccc(Br)cc2)c(=O)n1CC(F)(F)F. The van der Waals surface area contributed by atoms with Crippen molar-refractivity contribution in [2.75, 3.05) is 0 Å². The Bertz CT molecular complexity index is 781. The molecule has 0 aliphatic rings. The Kier molecular flexibility index (Phi) is 4.29. The van der Waals surface area contributed by atoms with Crippen molar-refractivity contribution >= 4 is 27.5 Å². The average Bonchev–Trinajstić information content (AvgIpc) is 2.35. The second-order valence-electron chi connectivity index (χ2n) is 4.13. The number of nitrogens with zero attached hydrogens (tertiary/aromatic N) is 1. The quantitative estimate of drug-likeness (QED) is 0.810. The maximum Gasteiger partial charge on any atom is 0.406 e. The number of hydrogen-bond donors (Lipinski definition) is 1. The van der Waals surface area contributed by atoms with E-state index in [4.69, 9.17) is 11.6 Å². The molecular formula is C12H7BrClF3N2O2. The van der Waals surface area contributed by atoms with E-state index in [1.807, 2.05) is 4.98 Å². The van der Waals surface area contributed by atoms with Gasteiger partial charge in [0.15, 0.2) is 0 Å². The molecule has 1 N–H and O–H groups in total. The molecule has 1 aromatic heterocycles. The van der Waals surface area contributed by atoms with Gasteiger partial charge in [0, 0.05) is 4.47 Å². The molecule has 0 spiro atoms. The van der Waals surface area contributed by atoms with Crippen LogP contribution in [-0.2, 0) is 6.54 Å². The van der Waals surface area contributed by atoms with Crippen LogP contribution in [0.15, 0.2) is 38.3 Å². The molecule has 4 nitrogen and oxygen atoms in total. The number of rotatable bonds is 2. The van der Waals surface area contributed by atoms with Gasteiger partial charge in [-0.15, -0.1) is 0 Å². The first-order valence-corrected chi connectivity index (χ1v) is 6.71. The van der Waals surface area contributed by atoms with E-state index in [2.05, 4.69) is 15.9 Å². The fourth-order valence-electron chi connectivity index (χ4n) is 1.73. The number of hydrogen-bond acceptors (Lipinski definition) is 2. The normalized spacial score (nSPS) is 11.7. The minimum absolute atomic E-state index is 0.0727. The molecule has 21 heavy (non-hydrogen) atoms. The summed E-state index contributed by atoms with van der Waals surface area (Å²) in [5.41, 5.74) is -2.18. The lowest BCUT2D eigenvalue weighted by Crippen LogP contribution is -2.40. The van der Waals surface area contributed by atoms with Gasteiger partial charge in [-0.05, 0) is 17.7 Å². The van der Waals surface area contributed by atoms with Crippen molar-refractivity contribution in [2.45, 2.75) is 12.7 Å². The first-order chi connectivity index (χ1) is 9.69. The topological polar surface area (TPSA) is 54.9 Å². The van der Waals surface area contributed by atoms with E-state index in [1.165, 1.54) is 12.1 Å². The lowest BCUT2D eigenvalue weighted by molar-refractivity contribution is -0.141. The zero-order chi connectivity index (χ0) is 15.8. The molecule has 0 saturated carbocycles. The van der Waals surface area contributed by atoms with Crippen molar-refractivity contribution in [3.8, 4) is 11.1 Å². The van der Waals surface area contributed by atoms with E-state index < -0.39 is 24.0 Å². The Morgan fingerprint density at radius 2 is 1.76 bits per heavy atom. The van der Waals surface area contributed by atoms with Gasteiger partial charge in [-0.1, -0.05) is 39.7 Å². The van der Waals surface area contributed by atoms with Crippen LogP contribution in [0.5, 0.6) is 0 Å². The van der Waals surface area contributed by atoms with Crippen LogP contribution >= 0.6 is 27.5 Å². The van der Waals surface area contributed by atoms with Crippen molar-refractivity contribution in [3.05, 3.63) is 54.7 Å². The second kappa shape index (κ2) is 5.69. The van der Waals surface area contributed by atoms with Crippen molar-refractivity contribution < 1.29 is 13.2 Å². The highest BCUT2D eigenvalue weighted by Crippen LogP contribution is 2.24. The fraction of sp³-hybridized carbons (Fsp3) is 0.167. The van der Waals surface area contributed by atoms with Crippen LogP contribution < -0.4 is 11.2 Å². The second-order valence-corrected chi connectivity index (χ2v) is 5.43. The molecule has 2 rings (SSSR count). The van der Waals surface area contributed by atoms with Crippen molar-refractivity contribution in [1.82, 2.24) is 9.55 Å². The third kappa shape index (κ3) is 3.56. The zero-order valence-corrected chi connectivity index (χ0v) is 12.5. The van der Waals surface area contributed by atoms with Gasteiger partial charge in [0.1, 0.15) is 11.7 Å². The van der Waals surface area contributed by atoms with E-state index in [1.54, 1.807) is 12.1 Å². The highest BCUT2D eigenvalue weighted by Gasteiger charge is 2.30. The number of aromatic amines is 1. The summed E-state index contributed by atoms with van der Waals surface area (Å²) in [6.07, 6.45) is -4.69. The van der Waals surface area contributed by atoms with Gasteiger partial charge >= 0.3 is 11.9 Å². The van der Waals surface area contributed by atoms with Crippen molar-refractivity contribution in [2.24, 2.45) is 0 Å². The molecule has 2 aromatic rings. The van der Waals surface area contributed by atoms with E-state index in [-0.39, 0.29) is 15.3 Å². The molecule has 0 atom stereocenters. The first kappa shape index (κ1) is 15.8. The Hall–Kier alpha value is -1.54. The van der Waals surface area contributed by atoms with Crippen LogP contribution in [0.4, 0.5) is 13.2 Å². The highest BCUT2D eigenvalue weighted by molar-refractivity contribution is 9.10. The number of H-pyrrole nitrogens is 1. The molecule has 1 aromatic carbocycles. The van der Waals surface area contributed by atoms with Crippen molar-refractivity contribution in [1.29, 1.82) is 0 Å². The smallest absolute Gasteiger partial charge is 0.297 e. The lowest BCUT2D eigenvalue weighted by Gasteiger charge is -2.11. The Morgan fingerprint density at radius 3 is 2.29 bits per heavy atom. The van der Waals surface area contributed by atoms with Gasteiger partial charge < -0.3 is 0 Å². The molecule has 0 saturated heterocycles. The Morgan fingerprint density at radius 1 is 1.19 bits per heavy atom. The van der Waals surface area contributed by atoms with Crippen LogP contribution in [-0.4, -0.2) is 15.7 Å². The van der Waals surface area contributed by atoms with Crippen LogP contribution in [0.1, 0.15) is 0 Å². The van der Waals surface area contributed by atoms with E-state index in [9.17, 15) is 22.8 Å². The molecule has 112 valence electrons. The maximum absolute atomic E-state index is 12.4. The van der Waals surface area contributed by atoms with Gasteiger partial charge in [-0.25, -0.2) is 4.79 Å². The summed E-state index contributed by atoms with van der Waals surface area (Å²) < 4.78 is 38.1. The van der Waals surface area contributed by atoms with E-state index in [0.717, 1.165) is 4.47 Å². The first-order valence-electron chi connectivity index (χ1n) is 5.54. The van der Waals surface area contributed by atoms with Crippen LogP contribution in [0.3, 0.4) is 0 Å². The van der Waals surface area contributed by atoms with Crippen LogP contribution in [0, 0.1) is 0 Å². The van der Waals surface area contributed by atoms with Gasteiger partial charge in [0.25, 0.3) is 5.56 Å². The summed E-state index contributed by atoms with van der Waals surface area (Å²) in [6.45, 7) is -1.68. The van der Waals surface area contributed by atoms with Gasteiger partial charge in [-0.2, -0.15) is 13.2 Å². The summed E-state index contributed by atoms with van der Waals surface area (Å²) in [4.78, 5) is 25.7. The average molecular weight is 384 g/mol. The molecule has 1 heterocycles. The monoisotopic (exact) mass is 382 g/mol. The molecule has 0 unspecified atom stereocenters. The Balaban J connectivity index is 2.67. The predicted molar refractivity (Wildman–Crippen MR) is 75.5 cm³/mol. The third-order valence-electron chi connectivity index (χ3n) is 2.61. The number of nitrogens with one attached hydrogen (secondary N) is 1. The maximum atomic E-state index is 12.4. The third-order valence-corrected chi connectivity index (χ3v) is 3.42. The number of halogens is 5. The number of benzene rings is 1. The summed E-state index contributed by atoms with van der Waals surface area (Å²) in [5, 5.41) is -0.300. The van der Waals surface area contributed by atoms with Gasteiger partial charge in [0.2, 0.25) is 0 Å². The summed E-state index contributed by atoms with van der Waals surface area (Å²) in [7, 11) is 0. The molecular weight excluding hydrogens is 376 g/mol. The van der Waals surface area contributed by atoms with Crippen LogP contribution in [0.2, 0.25) is 5.15 Å². The lowest BCUT2D eigenvalue weighted by atomic mass is 10.1. The largest absolute Gasteiger partial charge is 0.406 e. The van der Waals surface area contributed by atoms with Crippen LogP contribution in [0.25, 0.3) is 11.1 Å². The van der Waals surface area contributed by atoms with Gasteiger partial charge in [0.05, 0.1) is 5.56 Å². The summed E-state index contributed by atoms with van der Waals surface area (Å²) >= 11 is 8.99. The zero-order valence-electron chi connectivity index (χ0n) is 10.2. The summed E-state index contributed by atoms with van der Waals surface area (Å²) in [5.74, 6) is 0. The molecule has 0 aliphatic heterocycles. The highest BCUT2D eigenvalue weighted by atomic mass is 79.9. The number of aromatic nitrogens is 2. The standard InChI is InChI=1S/C12H7BrClF3N2O2/c13-7-3-1-6(2-4-7)8-9(14)18-11(21)19(10(8)20)5-12(15,16)17/h1-4H,5H2,(H,18,21). The molecule has 0 aliphatic carbocycles. The number of alkyl halides is 3. The minimum Gasteiger partial charge on any atom is -0.297 e. The Labute approximate surface area is 129 Å². The summed E-state index contributed by atoms with van der Waals surface area (Å²) in [6, 6.07) is 6.21. The molecule has 0 radical (unpaired) electrons.